The Labute approximate surface area is 152 Å². The van der Waals surface area contributed by atoms with Gasteiger partial charge in [-0.05, 0) is 30.5 Å². The molecule has 1 unspecified atom stereocenters. The van der Waals surface area contributed by atoms with Crippen LogP contribution in [0.2, 0.25) is 0 Å². The van der Waals surface area contributed by atoms with E-state index in [1.165, 1.54) is 0 Å². The topological polar surface area (TPSA) is 98.2 Å². The molecule has 1 amide bonds. The molecule has 9 heteroatoms. The molecule has 0 aliphatic carbocycles. The van der Waals surface area contributed by atoms with Crippen molar-refractivity contribution in [3.8, 4) is 10.7 Å². The number of hydrogen-bond acceptors (Lipinski definition) is 7. The molecule has 4 heterocycles. The Kier molecular flexibility index (Phi) is 4.44. The van der Waals surface area contributed by atoms with Crippen LogP contribution < -0.4 is 5.32 Å². The van der Waals surface area contributed by atoms with Gasteiger partial charge in [0, 0.05) is 19.0 Å². The van der Waals surface area contributed by atoms with Gasteiger partial charge in [-0.2, -0.15) is 4.98 Å². The number of aryl methyl sites for hydroxylation is 1. The first-order valence-electron chi connectivity index (χ1n) is 8.16. The van der Waals surface area contributed by atoms with Crippen LogP contribution in [-0.4, -0.2) is 30.6 Å². The summed E-state index contributed by atoms with van der Waals surface area (Å²) in [6, 6.07) is 9.26. The molecule has 0 radical (unpaired) electrons. The van der Waals surface area contributed by atoms with Crippen LogP contribution in [0.5, 0.6) is 0 Å². The molecule has 0 bridgehead atoms. The fourth-order valence-corrected chi connectivity index (χ4v) is 3.27. The van der Waals surface area contributed by atoms with E-state index in [1.807, 2.05) is 53.2 Å². The normalized spacial score (nSPS) is 12.3. The van der Waals surface area contributed by atoms with E-state index in [9.17, 15) is 4.79 Å². The number of rotatable bonds is 6. The number of carbonyl (C=O) groups excluding carboxylic acids is 1. The lowest BCUT2D eigenvalue weighted by atomic mass is 10.2. The van der Waals surface area contributed by atoms with Crippen LogP contribution in [0.1, 0.15) is 31.1 Å². The number of carbonyl (C=O) groups is 1. The van der Waals surface area contributed by atoms with Crippen LogP contribution in [-0.2, 0) is 11.2 Å². The van der Waals surface area contributed by atoms with Gasteiger partial charge in [-0.1, -0.05) is 17.3 Å². The molecule has 0 spiro atoms. The fourth-order valence-electron chi connectivity index (χ4n) is 2.62. The molecule has 1 atom stereocenters. The third-order valence-electron chi connectivity index (χ3n) is 3.88. The Hall–Kier alpha value is -3.07. The number of thiophene rings is 1. The van der Waals surface area contributed by atoms with Crippen molar-refractivity contribution in [2.24, 2.45) is 0 Å². The van der Waals surface area contributed by atoms with Crippen LogP contribution in [0.4, 0.5) is 0 Å². The molecular weight excluding hydrogens is 352 g/mol. The Balaban J connectivity index is 1.35. The lowest BCUT2D eigenvalue weighted by molar-refractivity contribution is -0.121. The summed E-state index contributed by atoms with van der Waals surface area (Å²) in [4.78, 5) is 17.5. The second-order valence-electron chi connectivity index (χ2n) is 5.77. The Bertz CT molecular complexity index is 1020. The Morgan fingerprint density at radius 1 is 1.31 bits per heavy atom. The van der Waals surface area contributed by atoms with Crippen LogP contribution >= 0.6 is 11.3 Å². The summed E-state index contributed by atoms with van der Waals surface area (Å²) in [6.45, 7) is 1.88. The first-order chi connectivity index (χ1) is 12.7. The molecule has 0 fully saturated rings. The van der Waals surface area contributed by atoms with Crippen LogP contribution in [0, 0.1) is 0 Å². The molecule has 0 saturated heterocycles. The molecule has 0 aliphatic rings. The van der Waals surface area contributed by atoms with E-state index in [1.54, 1.807) is 11.3 Å². The highest BCUT2D eigenvalue weighted by atomic mass is 32.1. The van der Waals surface area contributed by atoms with Crippen LogP contribution in [0.15, 0.2) is 46.4 Å². The van der Waals surface area contributed by atoms with E-state index < -0.39 is 0 Å². The minimum Gasteiger partial charge on any atom is -0.346 e. The van der Waals surface area contributed by atoms with Crippen molar-refractivity contribution < 1.29 is 9.32 Å². The number of nitrogens with zero attached hydrogens (tertiary/aromatic N) is 5. The van der Waals surface area contributed by atoms with Crippen molar-refractivity contribution >= 4 is 22.9 Å². The maximum atomic E-state index is 12.2. The minimum absolute atomic E-state index is 0.110. The summed E-state index contributed by atoms with van der Waals surface area (Å²) in [5.74, 6) is 1.58. The van der Waals surface area contributed by atoms with Gasteiger partial charge < -0.3 is 9.84 Å². The number of nitrogens with one attached hydrogen (secondary N) is 1. The number of pyridine rings is 1. The molecule has 4 aromatic heterocycles. The minimum atomic E-state index is -0.260. The highest BCUT2D eigenvalue weighted by Crippen LogP contribution is 2.21. The average molecular weight is 368 g/mol. The molecule has 0 saturated carbocycles. The lowest BCUT2D eigenvalue weighted by Crippen LogP contribution is -2.28. The van der Waals surface area contributed by atoms with Gasteiger partial charge >= 0.3 is 0 Å². The molecule has 1 N–H and O–H groups in total. The SMILES string of the molecule is CC(NC(=O)CCc1nc(-c2cccs2)no1)c1nnc2ccccn12. The van der Waals surface area contributed by atoms with Gasteiger partial charge in [0.1, 0.15) is 0 Å². The highest BCUT2D eigenvalue weighted by molar-refractivity contribution is 7.13. The zero-order chi connectivity index (χ0) is 17.9. The highest BCUT2D eigenvalue weighted by Gasteiger charge is 2.17. The van der Waals surface area contributed by atoms with Crippen LogP contribution in [0.3, 0.4) is 0 Å². The van der Waals surface area contributed by atoms with Crippen molar-refractivity contribution in [2.75, 3.05) is 0 Å². The number of aromatic nitrogens is 5. The van der Waals surface area contributed by atoms with E-state index in [2.05, 4.69) is 25.7 Å². The number of amides is 1. The maximum absolute atomic E-state index is 12.2. The second kappa shape index (κ2) is 7.04. The predicted octanol–water partition coefficient (Wildman–Crippen LogP) is 2.65. The molecule has 4 rings (SSSR count). The third kappa shape index (κ3) is 3.33. The number of hydrogen-bond donors (Lipinski definition) is 1. The zero-order valence-corrected chi connectivity index (χ0v) is 14.8. The molecule has 8 nitrogen and oxygen atoms in total. The van der Waals surface area contributed by atoms with Crippen molar-refractivity contribution in [1.82, 2.24) is 30.1 Å². The zero-order valence-electron chi connectivity index (χ0n) is 14.0. The van der Waals surface area contributed by atoms with E-state index >= 15 is 0 Å². The third-order valence-corrected chi connectivity index (χ3v) is 4.75. The van der Waals surface area contributed by atoms with E-state index in [-0.39, 0.29) is 18.4 Å². The standard InChI is InChI=1S/C17H16N6O2S/c1-11(17-21-20-13-6-2-3-9-23(13)17)18-14(24)7-8-15-19-16(22-25-15)12-5-4-10-26-12/h2-6,9-11H,7-8H2,1H3,(H,18,24). The summed E-state index contributed by atoms with van der Waals surface area (Å²) in [7, 11) is 0. The first kappa shape index (κ1) is 16.4. The monoisotopic (exact) mass is 368 g/mol. The summed E-state index contributed by atoms with van der Waals surface area (Å²) >= 11 is 1.54. The van der Waals surface area contributed by atoms with Gasteiger partial charge in [-0.25, -0.2) is 0 Å². The van der Waals surface area contributed by atoms with Crippen molar-refractivity contribution in [1.29, 1.82) is 0 Å². The maximum Gasteiger partial charge on any atom is 0.227 e. The Morgan fingerprint density at radius 2 is 2.23 bits per heavy atom. The molecule has 0 aliphatic heterocycles. The fraction of sp³-hybridized carbons (Fsp3) is 0.235. The smallest absolute Gasteiger partial charge is 0.227 e. The molecule has 4 aromatic rings. The lowest BCUT2D eigenvalue weighted by Gasteiger charge is -2.11. The molecule has 0 aromatic carbocycles. The van der Waals surface area contributed by atoms with Crippen LogP contribution in [0.25, 0.3) is 16.3 Å². The van der Waals surface area contributed by atoms with E-state index in [4.69, 9.17) is 4.52 Å². The van der Waals surface area contributed by atoms with Gasteiger partial charge in [0.15, 0.2) is 11.5 Å². The summed E-state index contributed by atoms with van der Waals surface area (Å²) < 4.78 is 7.07. The van der Waals surface area contributed by atoms with Gasteiger partial charge in [-0.3, -0.25) is 9.20 Å². The van der Waals surface area contributed by atoms with Gasteiger partial charge in [0.05, 0.1) is 10.9 Å². The average Bonchev–Trinajstić information content (AvgIpc) is 3.39. The van der Waals surface area contributed by atoms with Crippen molar-refractivity contribution in [3.63, 3.8) is 0 Å². The van der Waals surface area contributed by atoms with Crippen molar-refractivity contribution in [3.05, 3.63) is 53.6 Å². The summed E-state index contributed by atoms with van der Waals surface area (Å²) in [5.41, 5.74) is 0.746. The van der Waals surface area contributed by atoms with Gasteiger partial charge in [0.2, 0.25) is 17.6 Å². The predicted molar refractivity (Wildman–Crippen MR) is 95.5 cm³/mol. The summed E-state index contributed by atoms with van der Waals surface area (Å²) in [6.07, 6.45) is 2.52. The second-order valence-corrected chi connectivity index (χ2v) is 6.71. The van der Waals surface area contributed by atoms with Gasteiger partial charge in [0.25, 0.3) is 0 Å². The van der Waals surface area contributed by atoms with E-state index in [0.717, 1.165) is 10.5 Å². The van der Waals surface area contributed by atoms with Gasteiger partial charge in [-0.15, -0.1) is 21.5 Å². The number of fused-ring (bicyclic) bond motifs is 1. The molecule has 132 valence electrons. The van der Waals surface area contributed by atoms with Crippen molar-refractivity contribution in [2.45, 2.75) is 25.8 Å². The Morgan fingerprint density at radius 3 is 3.08 bits per heavy atom. The summed E-state index contributed by atoms with van der Waals surface area (Å²) in [5, 5.41) is 17.1. The quantitative estimate of drug-likeness (QED) is 0.562. The molecule has 26 heavy (non-hydrogen) atoms. The van der Waals surface area contributed by atoms with E-state index in [0.29, 0.717) is 24.0 Å². The first-order valence-corrected chi connectivity index (χ1v) is 9.04. The largest absolute Gasteiger partial charge is 0.346 e. The molecular formula is C17H16N6O2S.